The molecule has 1 fully saturated rings. The van der Waals surface area contributed by atoms with Gasteiger partial charge in [-0.1, -0.05) is 18.2 Å². The van der Waals surface area contributed by atoms with Crippen LogP contribution in [0.3, 0.4) is 0 Å². The molecule has 4 rings (SSSR count). The van der Waals surface area contributed by atoms with Crippen molar-refractivity contribution < 1.29 is 9.53 Å². The highest BCUT2D eigenvalue weighted by molar-refractivity contribution is 8.00. The number of rotatable bonds is 6. The molecule has 1 saturated heterocycles. The Labute approximate surface area is 168 Å². The van der Waals surface area contributed by atoms with Gasteiger partial charge in [0.1, 0.15) is 6.10 Å². The van der Waals surface area contributed by atoms with Crippen molar-refractivity contribution >= 4 is 34.4 Å². The van der Waals surface area contributed by atoms with Gasteiger partial charge in [-0.25, -0.2) is 0 Å². The summed E-state index contributed by atoms with van der Waals surface area (Å²) in [4.78, 5) is 20.7. The quantitative estimate of drug-likeness (QED) is 0.645. The summed E-state index contributed by atoms with van der Waals surface area (Å²) >= 11 is 1.57. The number of aromatic amines is 1. The van der Waals surface area contributed by atoms with Crippen LogP contribution in [0.1, 0.15) is 6.42 Å². The van der Waals surface area contributed by atoms with Gasteiger partial charge in [0, 0.05) is 55.1 Å². The molecular formula is C20H23N5O2S. The number of carbonyl (C=O) groups is 1. The van der Waals surface area contributed by atoms with Crippen LogP contribution in [0.25, 0.3) is 10.9 Å². The van der Waals surface area contributed by atoms with Crippen molar-refractivity contribution in [2.75, 3.05) is 37.8 Å². The largest absolute Gasteiger partial charge is 0.471 e. The number of fused-ring (bicyclic) bond motifs is 1. The highest BCUT2D eigenvalue weighted by Crippen LogP contribution is 2.28. The lowest BCUT2D eigenvalue weighted by molar-refractivity contribution is -0.127. The lowest BCUT2D eigenvalue weighted by atomic mass is 10.2. The Morgan fingerprint density at radius 2 is 2.14 bits per heavy atom. The van der Waals surface area contributed by atoms with E-state index in [0.29, 0.717) is 24.7 Å². The molecule has 8 heteroatoms. The van der Waals surface area contributed by atoms with Crippen molar-refractivity contribution in [1.82, 2.24) is 20.1 Å². The van der Waals surface area contributed by atoms with E-state index in [1.165, 1.54) is 0 Å². The first kappa shape index (κ1) is 18.6. The van der Waals surface area contributed by atoms with Crippen molar-refractivity contribution in [3.8, 4) is 5.88 Å². The number of aromatic nitrogens is 3. The summed E-state index contributed by atoms with van der Waals surface area (Å²) < 4.78 is 5.90. The number of carbonyl (C=O) groups excluding carboxylic acids is 1. The van der Waals surface area contributed by atoms with Gasteiger partial charge in [-0.2, -0.15) is 0 Å². The van der Waals surface area contributed by atoms with Crippen LogP contribution < -0.4 is 9.64 Å². The molecule has 1 amide bonds. The number of H-pyrrole nitrogens is 1. The predicted octanol–water partition coefficient (Wildman–Crippen LogP) is 2.80. The molecule has 1 unspecified atom stereocenters. The number of ether oxygens (including phenoxy) is 1. The number of hydrogen-bond acceptors (Lipinski definition) is 6. The van der Waals surface area contributed by atoms with Gasteiger partial charge in [0.05, 0.1) is 12.3 Å². The second-order valence-corrected chi connectivity index (χ2v) is 8.00. The number of benzene rings is 1. The molecule has 0 saturated carbocycles. The SMILES string of the molecule is CN(C)c1ccc(OC2CCN(C(=O)CSc3c[nH]c4ccccc34)C2)nn1. The highest BCUT2D eigenvalue weighted by atomic mass is 32.2. The molecule has 0 bridgehead atoms. The third kappa shape index (κ3) is 4.06. The maximum Gasteiger partial charge on any atom is 0.233 e. The standard InChI is InChI=1S/C20H23N5O2S/c1-24(2)18-7-8-19(23-22-18)27-14-9-10-25(12-14)20(26)13-28-17-11-21-16-6-4-3-5-15(16)17/h3-8,11,14,21H,9-10,12-13H2,1-2H3. The molecule has 3 aromatic rings. The van der Waals surface area contributed by atoms with E-state index in [4.69, 9.17) is 4.74 Å². The maximum absolute atomic E-state index is 12.6. The Balaban J connectivity index is 1.29. The molecule has 1 aliphatic rings. The summed E-state index contributed by atoms with van der Waals surface area (Å²) in [6.07, 6.45) is 2.73. The van der Waals surface area contributed by atoms with Gasteiger partial charge in [0.25, 0.3) is 0 Å². The average molecular weight is 398 g/mol. The number of likely N-dealkylation sites (tertiary alicyclic amines) is 1. The molecule has 28 heavy (non-hydrogen) atoms. The van der Waals surface area contributed by atoms with E-state index < -0.39 is 0 Å². The number of amides is 1. The molecule has 1 aliphatic heterocycles. The van der Waals surface area contributed by atoms with E-state index in [-0.39, 0.29) is 12.0 Å². The summed E-state index contributed by atoms with van der Waals surface area (Å²) in [5.41, 5.74) is 1.09. The Morgan fingerprint density at radius 3 is 2.93 bits per heavy atom. The minimum Gasteiger partial charge on any atom is -0.471 e. The number of para-hydroxylation sites is 1. The van der Waals surface area contributed by atoms with E-state index in [2.05, 4.69) is 21.2 Å². The van der Waals surface area contributed by atoms with Crippen LogP contribution in [0.4, 0.5) is 5.82 Å². The Morgan fingerprint density at radius 1 is 1.29 bits per heavy atom. The van der Waals surface area contributed by atoms with Gasteiger partial charge in [0.15, 0.2) is 5.82 Å². The number of thioether (sulfide) groups is 1. The minimum absolute atomic E-state index is 0.0402. The van der Waals surface area contributed by atoms with Gasteiger partial charge >= 0.3 is 0 Å². The topological polar surface area (TPSA) is 74.3 Å². The molecule has 1 aromatic carbocycles. The first-order chi connectivity index (χ1) is 13.6. The summed E-state index contributed by atoms with van der Waals surface area (Å²) in [5.74, 6) is 1.84. The highest BCUT2D eigenvalue weighted by Gasteiger charge is 2.28. The second kappa shape index (κ2) is 8.10. The van der Waals surface area contributed by atoms with Gasteiger partial charge in [0.2, 0.25) is 11.8 Å². The summed E-state index contributed by atoms with van der Waals surface area (Å²) in [6, 6.07) is 11.8. The van der Waals surface area contributed by atoms with E-state index in [9.17, 15) is 4.79 Å². The number of hydrogen-bond donors (Lipinski definition) is 1. The van der Waals surface area contributed by atoms with Crippen molar-refractivity contribution in [1.29, 1.82) is 0 Å². The van der Waals surface area contributed by atoms with Gasteiger partial charge < -0.3 is 19.5 Å². The summed E-state index contributed by atoms with van der Waals surface area (Å²) in [5, 5.41) is 9.38. The monoisotopic (exact) mass is 397 g/mol. The second-order valence-electron chi connectivity index (χ2n) is 6.98. The molecule has 3 heterocycles. The molecule has 146 valence electrons. The van der Waals surface area contributed by atoms with Crippen molar-refractivity contribution in [2.24, 2.45) is 0 Å². The minimum atomic E-state index is -0.0402. The lowest BCUT2D eigenvalue weighted by Gasteiger charge is -2.17. The Bertz CT molecular complexity index is 957. The van der Waals surface area contributed by atoms with Crippen LogP contribution >= 0.6 is 11.8 Å². The molecule has 1 N–H and O–H groups in total. The fourth-order valence-corrected chi connectivity index (χ4v) is 4.17. The van der Waals surface area contributed by atoms with Crippen LogP contribution in [0.15, 0.2) is 47.5 Å². The number of nitrogens with one attached hydrogen (secondary N) is 1. The molecular weight excluding hydrogens is 374 g/mol. The maximum atomic E-state index is 12.6. The van der Waals surface area contributed by atoms with Crippen molar-refractivity contribution in [3.05, 3.63) is 42.6 Å². The third-order valence-electron chi connectivity index (χ3n) is 4.77. The van der Waals surface area contributed by atoms with E-state index in [1.807, 2.05) is 60.4 Å². The van der Waals surface area contributed by atoms with Crippen LogP contribution in [-0.4, -0.2) is 65.0 Å². The van der Waals surface area contributed by atoms with Crippen molar-refractivity contribution in [2.45, 2.75) is 17.4 Å². The first-order valence-corrected chi connectivity index (χ1v) is 10.2. The predicted molar refractivity (Wildman–Crippen MR) is 111 cm³/mol. The summed E-state index contributed by atoms with van der Waals surface area (Å²) in [7, 11) is 3.83. The number of anilines is 1. The Kier molecular flexibility index (Phi) is 5.38. The van der Waals surface area contributed by atoms with E-state index >= 15 is 0 Å². The van der Waals surface area contributed by atoms with Crippen molar-refractivity contribution in [3.63, 3.8) is 0 Å². The lowest BCUT2D eigenvalue weighted by Crippen LogP contribution is -2.32. The average Bonchev–Trinajstić information content (AvgIpc) is 3.34. The van der Waals surface area contributed by atoms with Gasteiger partial charge in [-0.3, -0.25) is 4.79 Å². The fraction of sp³-hybridized carbons (Fsp3) is 0.350. The van der Waals surface area contributed by atoms with Gasteiger partial charge in [-0.05, 0) is 12.1 Å². The Hall–Kier alpha value is -2.74. The molecule has 7 nitrogen and oxygen atoms in total. The van der Waals surface area contributed by atoms with Crippen LogP contribution in [0, 0.1) is 0 Å². The van der Waals surface area contributed by atoms with E-state index in [0.717, 1.165) is 28.0 Å². The first-order valence-electron chi connectivity index (χ1n) is 9.24. The van der Waals surface area contributed by atoms with Crippen LogP contribution in [0.5, 0.6) is 5.88 Å². The zero-order valence-electron chi connectivity index (χ0n) is 16.0. The number of nitrogens with zero attached hydrogens (tertiary/aromatic N) is 4. The molecule has 0 radical (unpaired) electrons. The molecule has 0 spiro atoms. The zero-order valence-corrected chi connectivity index (χ0v) is 16.8. The summed E-state index contributed by atoms with van der Waals surface area (Å²) in [6.45, 7) is 1.30. The van der Waals surface area contributed by atoms with Gasteiger partial charge in [-0.15, -0.1) is 22.0 Å². The molecule has 2 aromatic heterocycles. The molecule has 0 aliphatic carbocycles. The fourth-order valence-electron chi connectivity index (χ4n) is 3.23. The third-order valence-corrected chi connectivity index (χ3v) is 5.81. The van der Waals surface area contributed by atoms with Crippen LogP contribution in [-0.2, 0) is 4.79 Å². The smallest absolute Gasteiger partial charge is 0.233 e. The van der Waals surface area contributed by atoms with E-state index in [1.54, 1.807) is 11.8 Å². The normalized spacial score (nSPS) is 16.5. The zero-order chi connectivity index (χ0) is 19.5. The molecule has 1 atom stereocenters. The van der Waals surface area contributed by atoms with Crippen LogP contribution in [0.2, 0.25) is 0 Å².